The second-order valence-corrected chi connectivity index (χ2v) is 5.34. The van der Waals surface area contributed by atoms with Crippen LogP contribution in [0.5, 0.6) is 0 Å². The van der Waals surface area contributed by atoms with E-state index in [1.165, 1.54) is 44.8 Å². The lowest BCUT2D eigenvalue weighted by Gasteiger charge is -2.23. The summed E-state index contributed by atoms with van der Waals surface area (Å²) in [5.41, 5.74) is 0. The van der Waals surface area contributed by atoms with Crippen LogP contribution in [0.3, 0.4) is 0 Å². The lowest BCUT2D eigenvalue weighted by molar-refractivity contribution is 0.354. The number of hydrogen-bond acceptors (Lipinski definition) is 3. The Morgan fingerprint density at radius 3 is 3.07 bits per heavy atom. The van der Waals surface area contributed by atoms with Crippen molar-refractivity contribution in [3.8, 4) is 0 Å². The molecule has 0 aliphatic carbocycles. The molecule has 0 spiro atoms. The Bertz CT molecular complexity index is 135. The van der Waals surface area contributed by atoms with Crippen LogP contribution in [-0.2, 0) is 0 Å². The Labute approximate surface area is 92.6 Å². The van der Waals surface area contributed by atoms with Crippen molar-refractivity contribution in [1.82, 2.24) is 10.6 Å². The molecule has 0 saturated carbocycles. The summed E-state index contributed by atoms with van der Waals surface area (Å²) in [4.78, 5) is 0. The van der Waals surface area contributed by atoms with Crippen LogP contribution in [0.15, 0.2) is 0 Å². The molecular formula is C11H24N2S. The normalized spacial score (nSPS) is 24.9. The molecule has 0 radical (unpaired) electrons. The minimum absolute atomic E-state index is 0.807. The molecule has 0 aromatic heterocycles. The van der Waals surface area contributed by atoms with Crippen LogP contribution in [-0.4, -0.2) is 38.2 Å². The third-order valence-corrected chi connectivity index (χ3v) is 3.68. The second-order valence-electron chi connectivity index (χ2n) is 4.43. The Morgan fingerprint density at radius 2 is 2.43 bits per heavy atom. The lowest BCUT2D eigenvalue weighted by atomic mass is 9.99. The van der Waals surface area contributed by atoms with Crippen LogP contribution in [0, 0.1) is 11.8 Å². The van der Waals surface area contributed by atoms with Crippen LogP contribution in [0.1, 0.15) is 19.8 Å². The van der Waals surface area contributed by atoms with E-state index in [0.717, 1.165) is 11.8 Å². The zero-order valence-corrected chi connectivity index (χ0v) is 10.3. The predicted molar refractivity (Wildman–Crippen MR) is 66.0 cm³/mol. The highest BCUT2D eigenvalue weighted by molar-refractivity contribution is 7.98. The van der Waals surface area contributed by atoms with Crippen molar-refractivity contribution in [3.63, 3.8) is 0 Å². The largest absolute Gasteiger partial charge is 0.316 e. The summed E-state index contributed by atoms with van der Waals surface area (Å²) in [6.07, 6.45) is 4.94. The van der Waals surface area contributed by atoms with Gasteiger partial charge in [-0.1, -0.05) is 6.92 Å². The highest BCUT2D eigenvalue weighted by Crippen LogP contribution is 2.08. The molecule has 1 saturated heterocycles. The first-order valence-corrected chi connectivity index (χ1v) is 7.12. The molecule has 14 heavy (non-hydrogen) atoms. The monoisotopic (exact) mass is 216 g/mol. The van der Waals surface area contributed by atoms with E-state index in [9.17, 15) is 0 Å². The third-order valence-electron chi connectivity index (χ3n) is 2.78. The maximum atomic E-state index is 3.59. The van der Waals surface area contributed by atoms with Gasteiger partial charge in [0.25, 0.3) is 0 Å². The molecule has 2 unspecified atom stereocenters. The van der Waals surface area contributed by atoms with E-state index in [4.69, 9.17) is 0 Å². The van der Waals surface area contributed by atoms with E-state index in [2.05, 4.69) is 23.8 Å². The fraction of sp³-hybridized carbons (Fsp3) is 1.00. The zero-order valence-electron chi connectivity index (χ0n) is 9.51. The van der Waals surface area contributed by atoms with Gasteiger partial charge < -0.3 is 10.6 Å². The lowest BCUT2D eigenvalue weighted by Crippen LogP contribution is -2.37. The van der Waals surface area contributed by atoms with E-state index >= 15 is 0 Å². The van der Waals surface area contributed by atoms with E-state index in [-0.39, 0.29) is 0 Å². The molecule has 2 atom stereocenters. The zero-order chi connectivity index (χ0) is 10.2. The topological polar surface area (TPSA) is 24.1 Å². The van der Waals surface area contributed by atoms with Crippen molar-refractivity contribution in [2.75, 3.05) is 38.2 Å². The van der Waals surface area contributed by atoms with Crippen LogP contribution < -0.4 is 10.6 Å². The van der Waals surface area contributed by atoms with Gasteiger partial charge in [0.15, 0.2) is 0 Å². The number of rotatable bonds is 6. The molecule has 0 aromatic carbocycles. The summed E-state index contributed by atoms with van der Waals surface area (Å²) in [7, 11) is 0. The number of thioether (sulfide) groups is 1. The SMILES string of the molecule is CSCC(C)CNCC1CCCNC1. The van der Waals surface area contributed by atoms with Crippen molar-refractivity contribution in [2.45, 2.75) is 19.8 Å². The van der Waals surface area contributed by atoms with Gasteiger partial charge in [-0.3, -0.25) is 0 Å². The third kappa shape index (κ3) is 5.23. The highest BCUT2D eigenvalue weighted by Gasteiger charge is 2.12. The first kappa shape index (κ1) is 12.3. The molecule has 0 amide bonds. The Balaban J connectivity index is 1.96. The number of piperidine rings is 1. The molecule has 2 N–H and O–H groups in total. The van der Waals surface area contributed by atoms with Crippen molar-refractivity contribution in [2.24, 2.45) is 11.8 Å². The molecule has 84 valence electrons. The van der Waals surface area contributed by atoms with Gasteiger partial charge in [-0.25, -0.2) is 0 Å². The number of nitrogens with one attached hydrogen (secondary N) is 2. The summed E-state index contributed by atoms with van der Waals surface area (Å²) < 4.78 is 0. The van der Waals surface area contributed by atoms with Crippen LogP contribution in [0.4, 0.5) is 0 Å². The number of hydrogen-bond donors (Lipinski definition) is 2. The quantitative estimate of drug-likeness (QED) is 0.705. The van der Waals surface area contributed by atoms with Crippen molar-refractivity contribution in [1.29, 1.82) is 0 Å². The molecule has 0 aromatic rings. The van der Waals surface area contributed by atoms with Crippen LogP contribution in [0.2, 0.25) is 0 Å². The van der Waals surface area contributed by atoms with Crippen molar-refractivity contribution in [3.05, 3.63) is 0 Å². The maximum absolute atomic E-state index is 3.59. The van der Waals surface area contributed by atoms with E-state index in [0.29, 0.717) is 0 Å². The fourth-order valence-corrected chi connectivity index (χ4v) is 2.66. The van der Waals surface area contributed by atoms with Gasteiger partial charge in [0, 0.05) is 0 Å². The molecule has 1 aliphatic heterocycles. The Morgan fingerprint density at radius 1 is 1.57 bits per heavy atom. The van der Waals surface area contributed by atoms with Gasteiger partial charge >= 0.3 is 0 Å². The summed E-state index contributed by atoms with van der Waals surface area (Å²) in [5, 5.41) is 7.04. The van der Waals surface area contributed by atoms with E-state index < -0.39 is 0 Å². The average Bonchev–Trinajstić information content (AvgIpc) is 2.20. The molecular weight excluding hydrogens is 192 g/mol. The molecule has 0 bridgehead atoms. The van der Waals surface area contributed by atoms with Crippen molar-refractivity contribution < 1.29 is 0 Å². The Kier molecular flexibility index (Phi) is 6.65. The average molecular weight is 216 g/mol. The molecule has 1 aliphatic rings. The maximum Gasteiger partial charge on any atom is -0.000825 e. The smallest absolute Gasteiger partial charge is 0.000825 e. The van der Waals surface area contributed by atoms with Gasteiger partial charge in [0.05, 0.1) is 0 Å². The van der Waals surface area contributed by atoms with Gasteiger partial charge in [0.2, 0.25) is 0 Å². The standard InChI is InChI=1S/C11H24N2S/c1-10(9-14-2)6-13-8-11-4-3-5-12-7-11/h10-13H,3-9H2,1-2H3. The fourth-order valence-electron chi connectivity index (χ4n) is 1.98. The molecule has 1 heterocycles. The predicted octanol–water partition coefficient (Wildman–Crippen LogP) is 1.57. The summed E-state index contributed by atoms with van der Waals surface area (Å²) in [6, 6.07) is 0. The first-order valence-electron chi connectivity index (χ1n) is 5.73. The van der Waals surface area contributed by atoms with E-state index in [1.807, 2.05) is 11.8 Å². The van der Waals surface area contributed by atoms with Gasteiger partial charge in [-0.05, 0) is 62.9 Å². The Hall–Kier alpha value is 0.270. The molecule has 3 heteroatoms. The molecule has 1 fully saturated rings. The summed E-state index contributed by atoms with van der Waals surface area (Å²) in [5.74, 6) is 2.95. The van der Waals surface area contributed by atoms with Crippen molar-refractivity contribution >= 4 is 11.8 Å². The summed E-state index contributed by atoms with van der Waals surface area (Å²) >= 11 is 1.94. The minimum atomic E-state index is 0.807. The van der Waals surface area contributed by atoms with Gasteiger partial charge in [-0.15, -0.1) is 0 Å². The van der Waals surface area contributed by atoms with Gasteiger partial charge in [-0.2, -0.15) is 11.8 Å². The molecule has 2 nitrogen and oxygen atoms in total. The highest BCUT2D eigenvalue weighted by atomic mass is 32.2. The summed E-state index contributed by atoms with van der Waals surface area (Å²) in [6.45, 7) is 7.13. The minimum Gasteiger partial charge on any atom is -0.316 e. The molecule has 1 rings (SSSR count). The first-order chi connectivity index (χ1) is 6.83. The van der Waals surface area contributed by atoms with Crippen LogP contribution in [0.25, 0.3) is 0 Å². The van der Waals surface area contributed by atoms with E-state index in [1.54, 1.807) is 0 Å². The van der Waals surface area contributed by atoms with Crippen LogP contribution >= 0.6 is 11.8 Å². The van der Waals surface area contributed by atoms with Gasteiger partial charge in [0.1, 0.15) is 0 Å². The second kappa shape index (κ2) is 7.55.